The number of alkyl halides is 3. The fourth-order valence-electron chi connectivity index (χ4n) is 2.90. The van der Waals surface area contributed by atoms with Gasteiger partial charge in [-0.15, -0.1) is 0 Å². The van der Waals surface area contributed by atoms with E-state index in [-0.39, 0.29) is 22.8 Å². The molecule has 152 valence electrons. The Morgan fingerprint density at radius 3 is 2.28 bits per heavy atom. The van der Waals surface area contributed by atoms with E-state index in [4.69, 9.17) is 0 Å². The predicted octanol–water partition coefficient (Wildman–Crippen LogP) is 4.90. The highest BCUT2D eigenvalue weighted by molar-refractivity contribution is 7.89. The monoisotopic (exact) mass is 421 g/mol. The summed E-state index contributed by atoms with van der Waals surface area (Å²) in [6.07, 6.45) is -4.54. The predicted molar refractivity (Wildman–Crippen MR) is 104 cm³/mol. The number of hydrogen-bond donors (Lipinski definition) is 1. The van der Waals surface area contributed by atoms with Crippen LogP contribution in [0, 0.1) is 0 Å². The van der Waals surface area contributed by atoms with Crippen LogP contribution >= 0.6 is 0 Å². The highest BCUT2D eigenvalue weighted by Crippen LogP contribution is 2.37. The highest BCUT2D eigenvalue weighted by atomic mass is 32.2. The molecule has 3 rings (SSSR count). The molecule has 0 aromatic heterocycles. The van der Waals surface area contributed by atoms with E-state index >= 15 is 0 Å². The number of phenols is 1. The Morgan fingerprint density at radius 1 is 0.931 bits per heavy atom. The molecule has 0 radical (unpaired) electrons. The van der Waals surface area contributed by atoms with Gasteiger partial charge in [-0.3, -0.25) is 0 Å². The van der Waals surface area contributed by atoms with E-state index in [1.807, 2.05) is 0 Å². The smallest absolute Gasteiger partial charge is 0.416 e. The van der Waals surface area contributed by atoms with Crippen molar-refractivity contribution in [3.8, 4) is 16.9 Å². The molecule has 0 aliphatic rings. The van der Waals surface area contributed by atoms with E-state index < -0.39 is 21.8 Å². The van der Waals surface area contributed by atoms with Crippen LogP contribution in [0.15, 0.2) is 77.7 Å². The van der Waals surface area contributed by atoms with E-state index in [1.165, 1.54) is 19.2 Å². The van der Waals surface area contributed by atoms with Gasteiger partial charge in [0.05, 0.1) is 10.5 Å². The summed E-state index contributed by atoms with van der Waals surface area (Å²) in [7, 11) is -2.29. The molecule has 0 spiro atoms. The van der Waals surface area contributed by atoms with Gasteiger partial charge in [0.2, 0.25) is 10.0 Å². The topological polar surface area (TPSA) is 57.6 Å². The zero-order valence-corrected chi connectivity index (χ0v) is 16.2. The number of halogens is 3. The van der Waals surface area contributed by atoms with E-state index in [9.17, 15) is 26.7 Å². The second kappa shape index (κ2) is 7.88. The largest absolute Gasteiger partial charge is 0.507 e. The third-order valence-electron chi connectivity index (χ3n) is 4.42. The molecule has 8 heteroatoms. The van der Waals surface area contributed by atoms with Gasteiger partial charge in [-0.05, 0) is 47.5 Å². The van der Waals surface area contributed by atoms with Crippen LogP contribution in [0.3, 0.4) is 0 Å². The minimum absolute atomic E-state index is 0.0186. The van der Waals surface area contributed by atoms with Gasteiger partial charge in [0.15, 0.2) is 0 Å². The number of nitrogens with zero attached hydrogens (tertiary/aromatic N) is 1. The van der Waals surface area contributed by atoms with Gasteiger partial charge < -0.3 is 5.11 Å². The second-order valence-corrected chi connectivity index (χ2v) is 8.55. The zero-order chi connectivity index (χ0) is 21.2. The van der Waals surface area contributed by atoms with Crippen molar-refractivity contribution in [3.63, 3.8) is 0 Å². The van der Waals surface area contributed by atoms with Crippen molar-refractivity contribution < 1.29 is 26.7 Å². The van der Waals surface area contributed by atoms with E-state index in [0.717, 1.165) is 22.5 Å². The molecule has 4 nitrogen and oxygen atoms in total. The average molecular weight is 421 g/mol. The van der Waals surface area contributed by atoms with Crippen molar-refractivity contribution in [2.45, 2.75) is 17.6 Å². The molecule has 0 unspecified atom stereocenters. The lowest BCUT2D eigenvalue weighted by Gasteiger charge is -2.18. The number of sulfonamides is 1. The molecular weight excluding hydrogens is 403 g/mol. The fraction of sp³-hybridized carbons (Fsp3) is 0.143. The number of benzene rings is 3. The summed E-state index contributed by atoms with van der Waals surface area (Å²) in [6.45, 7) is 0.0186. The first-order valence-corrected chi connectivity index (χ1v) is 10.0. The number of phenolic OH excluding ortho intramolecular Hbond substituents is 1. The van der Waals surface area contributed by atoms with Gasteiger partial charge in [0.25, 0.3) is 0 Å². The first-order chi connectivity index (χ1) is 13.6. The van der Waals surface area contributed by atoms with Crippen LogP contribution in [0.5, 0.6) is 5.75 Å². The lowest BCUT2D eigenvalue weighted by molar-refractivity contribution is -0.137. The number of hydrogen-bond acceptors (Lipinski definition) is 3. The van der Waals surface area contributed by atoms with Crippen molar-refractivity contribution in [3.05, 3.63) is 83.9 Å². The van der Waals surface area contributed by atoms with Crippen LogP contribution < -0.4 is 0 Å². The molecule has 0 saturated carbocycles. The molecule has 3 aromatic carbocycles. The van der Waals surface area contributed by atoms with Crippen molar-refractivity contribution in [2.75, 3.05) is 7.05 Å². The maximum absolute atomic E-state index is 13.0. The summed E-state index contributed by atoms with van der Waals surface area (Å²) in [5.41, 5.74) is 0.0765. The third-order valence-corrected chi connectivity index (χ3v) is 6.24. The highest BCUT2D eigenvalue weighted by Gasteiger charge is 2.31. The van der Waals surface area contributed by atoms with E-state index in [2.05, 4.69) is 0 Å². The molecule has 0 aliphatic carbocycles. The summed E-state index contributed by atoms with van der Waals surface area (Å²) in [5, 5.41) is 10.0. The third kappa shape index (κ3) is 4.60. The van der Waals surface area contributed by atoms with E-state index in [1.54, 1.807) is 42.5 Å². The molecule has 0 amide bonds. The fourth-order valence-corrected chi connectivity index (χ4v) is 4.08. The van der Waals surface area contributed by atoms with Crippen LogP contribution in [0.25, 0.3) is 11.1 Å². The van der Waals surface area contributed by atoms with Gasteiger partial charge in [0.1, 0.15) is 5.75 Å². The summed E-state index contributed by atoms with van der Waals surface area (Å²) in [4.78, 5) is 0.147. The van der Waals surface area contributed by atoms with Gasteiger partial charge >= 0.3 is 6.18 Å². The lowest BCUT2D eigenvalue weighted by Crippen LogP contribution is -2.26. The Kier molecular flexibility index (Phi) is 5.68. The molecule has 1 N–H and O–H groups in total. The van der Waals surface area contributed by atoms with Gasteiger partial charge in [-0.25, -0.2) is 8.42 Å². The van der Waals surface area contributed by atoms with Crippen LogP contribution in [0.1, 0.15) is 11.1 Å². The Labute approximate surface area is 166 Å². The van der Waals surface area contributed by atoms with Crippen LogP contribution in [-0.2, 0) is 22.7 Å². The lowest BCUT2D eigenvalue weighted by atomic mass is 10.00. The first-order valence-electron chi connectivity index (χ1n) is 8.60. The minimum atomic E-state index is -4.54. The standard InChI is InChI=1S/C21H18F3NO3S/c1-25(29(27,28)18-8-3-2-4-9-18)14-15-6-5-7-16(12-15)19-13-17(21(22,23)24)10-11-20(19)26/h2-13,26H,14H2,1H3. The molecular formula is C21H18F3NO3S. The molecule has 0 saturated heterocycles. The molecule has 3 aromatic rings. The van der Waals surface area contributed by atoms with Crippen molar-refractivity contribution in [1.82, 2.24) is 4.31 Å². The second-order valence-electron chi connectivity index (χ2n) is 6.50. The SMILES string of the molecule is CN(Cc1cccc(-c2cc(C(F)(F)F)ccc2O)c1)S(=O)(=O)c1ccccc1. The van der Waals surface area contributed by atoms with Gasteiger partial charge in [-0.1, -0.05) is 36.4 Å². The molecule has 0 aliphatic heterocycles. The quantitative estimate of drug-likeness (QED) is 0.638. The van der Waals surface area contributed by atoms with Gasteiger partial charge in [0, 0.05) is 19.2 Å². The minimum Gasteiger partial charge on any atom is -0.507 e. The summed E-state index contributed by atoms with van der Waals surface area (Å²) in [5.74, 6) is -0.291. The van der Waals surface area contributed by atoms with Crippen molar-refractivity contribution in [2.24, 2.45) is 0 Å². The summed E-state index contributed by atoms with van der Waals surface area (Å²) < 4.78 is 65.5. The van der Waals surface area contributed by atoms with E-state index in [0.29, 0.717) is 11.1 Å². The van der Waals surface area contributed by atoms with Crippen molar-refractivity contribution in [1.29, 1.82) is 0 Å². The number of aromatic hydroxyl groups is 1. The van der Waals surface area contributed by atoms with Crippen LogP contribution in [0.2, 0.25) is 0 Å². The first kappa shape index (κ1) is 20.9. The number of rotatable bonds is 5. The zero-order valence-electron chi connectivity index (χ0n) is 15.4. The average Bonchev–Trinajstić information content (AvgIpc) is 2.68. The van der Waals surface area contributed by atoms with Crippen LogP contribution in [-0.4, -0.2) is 24.9 Å². The molecule has 0 atom stereocenters. The summed E-state index contributed by atoms with van der Waals surface area (Å²) >= 11 is 0. The Bertz CT molecular complexity index is 1110. The van der Waals surface area contributed by atoms with Crippen LogP contribution in [0.4, 0.5) is 13.2 Å². The Hall–Kier alpha value is -2.84. The Balaban J connectivity index is 1.91. The maximum Gasteiger partial charge on any atom is 0.416 e. The van der Waals surface area contributed by atoms with Gasteiger partial charge in [-0.2, -0.15) is 17.5 Å². The maximum atomic E-state index is 13.0. The molecule has 0 heterocycles. The molecule has 0 fully saturated rings. The van der Waals surface area contributed by atoms with Crippen molar-refractivity contribution >= 4 is 10.0 Å². The molecule has 0 bridgehead atoms. The molecule has 29 heavy (non-hydrogen) atoms. The Morgan fingerprint density at radius 2 is 1.62 bits per heavy atom. The summed E-state index contributed by atoms with van der Waals surface area (Å²) in [6, 6.07) is 17.0. The normalized spacial score (nSPS) is 12.3.